The highest BCUT2D eigenvalue weighted by molar-refractivity contribution is 6.88. The molecule has 2 aromatic carbocycles. The highest BCUT2D eigenvalue weighted by atomic mass is 28.3. The molecule has 1 amide bonds. The number of methoxy groups -OCH3 is 1. The summed E-state index contributed by atoms with van der Waals surface area (Å²) < 4.78 is 44.5. The van der Waals surface area contributed by atoms with Crippen LogP contribution in [-0.2, 0) is 28.7 Å². The Morgan fingerprint density at radius 2 is 1.66 bits per heavy atom. The Balaban J connectivity index is 1.78. The van der Waals surface area contributed by atoms with Gasteiger partial charge in [0.25, 0.3) is 0 Å². The quantitative estimate of drug-likeness (QED) is 0.446. The molecule has 1 N–H and O–H groups in total. The van der Waals surface area contributed by atoms with Crippen LogP contribution in [0.4, 0.5) is 13.2 Å². The summed E-state index contributed by atoms with van der Waals surface area (Å²) >= 11 is 0. The number of nitrogens with zero attached hydrogens (tertiary/aromatic N) is 2. The van der Waals surface area contributed by atoms with E-state index in [1.54, 1.807) is 24.3 Å². The third-order valence-corrected chi connectivity index (χ3v) is 7.58. The molecule has 1 aromatic heterocycles. The number of hydrogen-bond donors (Lipinski definition) is 1. The molecule has 0 aliphatic rings. The summed E-state index contributed by atoms with van der Waals surface area (Å²) in [5, 5.41) is 7.33. The van der Waals surface area contributed by atoms with Crippen LogP contribution in [-0.4, -0.2) is 36.7 Å². The minimum atomic E-state index is -4.60. The molecule has 10 heteroatoms. The van der Waals surface area contributed by atoms with Gasteiger partial charge in [0.2, 0.25) is 5.91 Å². The molecule has 0 fully saturated rings. The number of hydrogen-bond acceptors (Lipinski definition) is 4. The van der Waals surface area contributed by atoms with E-state index < -0.39 is 38.4 Å². The van der Waals surface area contributed by atoms with E-state index in [1.165, 1.54) is 12.3 Å². The minimum Gasteiger partial charge on any atom is -0.497 e. The van der Waals surface area contributed by atoms with E-state index in [4.69, 9.17) is 4.74 Å². The van der Waals surface area contributed by atoms with Crippen molar-refractivity contribution in [3.63, 3.8) is 0 Å². The molecule has 1 atom stereocenters. The second kappa shape index (κ2) is 10.5. The number of ether oxygens (including phenoxy) is 1. The summed E-state index contributed by atoms with van der Waals surface area (Å²) in [6, 6.07) is 14.4. The van der Waals surface area contributed by atoms with Crippen molar-refractivity contribution < 1.29 is 27.5 Å². The molecule has 0 bridgehead atoms. The molecule has 186 valence electrons. The number of benzene rings is 2. The zero-order chi connectivity index (χ0) is 25.8. The molecule has 1 unspecified atom stereocenters. The van der Waals surface area contributed by atoms with Gasteiger partial charge in [-0.3, -0.25) is 14.3 Å². The van der Waals surface area contributed by atoms with Crippen LogP contribution < -0.4 is 15.2 Å². The maximum absolute atomic E-state index is 13.3. The lowest BCUT2D eigenvalue weighted by Crippen LogP contribution is -2.38. The van der Waals surface area contributed by atoms with Crippen LogP contribution in [0.1, 0.15) is 22.9 Å². The lowest BCUT2D eigenvalue weighted by atomic mass is 9.97. The molecule has 1 heterocycles. The zero-order valence-corrected chi connectivity index (χ0v) is 21.0. The van der Waals surface area contributed by atoms with E-state index in [0.717, 1.165) is 22.5 Å². The van der Waals surface area contributed by atoms with Crippen LogP contribution in [0.5, 0.6) is 5.75 Å². The molecular formula is C25H28F3N3O3Si. The van der Waals surface area contributed by atoms with E-state index in [1.807, 2.05) is 24.3 Å². The van der Waals surface area contributed by atoms with Gasteiger partial charge in [-0.15, -0.1) is 0 Å². The SMILES string of the molecule is COc1ccc(C(NC(=O)Cn2ccc(C(F)(F)F)n2)C(=O)Cc2ccc([Si](C)(C)C)cc2)cc1. The summed E-state index contributed by atoms with van der Waals surface area (Å²) in [4.78, 5) is 25.9. The number of ketones is 1. The molecule has 0 spiro atoms. The Kier molecular flexibility index (Phi) is 7.84. The van der Waals surface area contributed by atoms with Crippen molar-refractivity contribution in [1.82, 2.24) is 15.1 Å². The van der Waals surface area contributed by atoms with E-state index in [-0.39, 0.29) is 12.2 Å². The maximum Gasteiger partial charge on any atom is 0.435 e. The number of carbonyl (C=O) groups is 2. The van der Waals surface area contributed by atoms with Crippen LogP contribution >= 0.6 is 0 Å². The van der Waals surface area contributed by atoms with Crippen LogP contribution in [0.2, 0.25) is 19.6 Å². The normalized spacial score (nSPS) is 12.8. The Bertz CT molecular complexity index is 1170. The number of nitrogens with one attached hydrogen (secondary N) is 1. The zero-order valence-electron chi connectivity index (χ0n) is 20.0. The van der Waals surface area contributed by atoms with Gasteiger partial charge < -0.3 is 10.1 Å². The van der Waals surface area contributed by atoms with Crippen molar-refractivity contribution in [3.8, 4) is 5.75 Å². The van der Waals surface area contributed by atoms with Crippen molar-refractivity contribution in [2.24, 2.45) is 0 Å². The predicted molar refractivity (Wildman–Crippen MR) is 129 cm³/mol. The summed E-state index contributed by atoms with van der Waals surface area (Å²) in [7, 11) is 0.0353. The predicted octanol–water partition coefficient (Wildman–Crippen LogP) is 4.13. The Morgan fingerprint density at radius 1 is 1.03 bits per heavy atom. The molecule has 6 nitrogen and oxygen atoms in total. The highest BCUT2D eigenvalue weighted by Gasteiger charge is 2.33. The third-order valence-electron chi connectivity index (χ3n) is 5.51. The van der Waals surface area contributed by atoms with Gasteiger partial charge in [0.15, 0.2) is 11.5 Å². The maximum atomic E-state index is 13.3. The lowest BCUT2D eigenvalue weighted by molar-refractivity contribution is -0.141. The first-order valence-corrected chi connectivity index (χ1v) is 14.5. The molecular weight excluding hydrogens is 475 g/mol. The van der Waals surface area contributed by atoms with Crippen molar-refractivity contribution in [2.75, 3.05) is 7.11 Å². The third kappa shape index (κ3) is 7.04. The van der Waals surface area contributed by atoms with E-state index in [0.29, 0.717) is 11.3 Å². The number of halogens is 3. The first kappa shape index (κ1) is 26.2. The standard InChI is InChI=1S/C25H28F3N3O3Si/c1-34-19-9-7-18(8-10-19)24(21(32)15-17-5-11-20(12-6-17)35(2,3)4)29-23(33)16-31-14-13-22(30-31)25(26,27)28/h5-14,24H,15-16H2,1-4H3,(H,29,33). The summed E-state index contributed by atoms with van der Waals surface area (Å²) in [6.45, 7) is 6.25. The van der Waals surface area contributed by atoms with Crippen LogP contribution in [0.3, 0.4) is 0 Å². The Hall–Kier alpha value is -3.40. The number of amides is 1. The second-order valence-electron chi connectivity index (χ2n) is 9.26. The molecule has 0 saturated heterocycles. The van der Waals surface area contributed by atoms with Crippen LogP contribution in [0, 0.1) is 0 Å². The molecule has 35 heavy (non-hydrogen) atoms. The fraction of sp³-hybridized carbons (Fsp3) is 0.320. The van der Waals surface area contributed by atoms with Crippen LogP contribution in [0.15, 0.2) is 60.8 Å². The van der Waals surface area contributed by atoms with E-state index >= 15 is 0 Å². The number of carbonyl (C=O) groups excluding carboxylic acids is 2. The topological polar surface area (TPSA) is 73.2 Å². The molecule has 0 aliphatic heterocycles. The molecule has 0 radical (unpaired) electrons. The Labute approximate surface area is 203 Å². The van der Waals surface area contributed by atoms with E-state index in [2.05, 4.69) is 30.1 Å². The van der Waals surface area contributed by atoms with Gasteiger partial charge in [0, 0.05) is 12.6 Å². The smallest absolute Gasteiger partial charge is 0.435 e. The highest BCUT2D eigenvalue weighted by Crippen LogP contribution is 2.27. The van der Waals surface area contributed by atoms with Crippen molar-refractivity contribution in [3.05, 3.63) is 77.6 Å². The number of rotatable bonds is 9. The van der Waals surface area contributed by atoms with Gasteiger partial charge in [-0.05, 0) is 29.3 Å². The number of alkyl halides is 3. The number of Topliss-reactive ketones (excluding diaryl/α,β-unsaturated/α-hetero) is 1. The lowest BCUT2D eigenvalue weighted by Gasteiger charge is -2.20. The fourth-order valence-electron chi connectivity index (χ4n) is 3.53. The Morgan fingerprint density at radius 3 is 2.17 bits per heavy atom. The van der Waals surface area contributed by atoms with Gasteiger partial charge in [0.05, 0.1) is 15.2 Å². The van der Waals surface area contributed by atoms with Gasteiger partial charge >= 0.3 is 6.18 Å². The van der Waals surface area contributed by atoms with Gasteiger partial charge in [-0.1, -0.05) is 61.2 Å². The fourth-order valence-corrected chi connectivity index (χ4v) is 4.69. The first-order valence-electron chi connectivity index (χ1n) is 11.0. The minimum absolute atomic E-state index is 0.0863. The average molecular weight is 504 g/mol. The molecule has 0 saturated carbocycles. The van der Waals surface area contributed by atoms with Gasteiger partial charge in [-0.25, -0.2) is 0 Å². The number of aromatic nitrogens is 2. The summed E-state index contributed by atoms with van der Waals surface area (Å²) in [5.41, 5.74) is 0.265. The monoisotopic (exact) mass is 503 g/mol. The van der Waals surface area contributed by atoms with Gasteiger partial charge in [0.1, 0.15) is 18.3 Å². The van der Waals surface area contributed by atoms with Crippen molar-refractivity contribution >= 4 is 25.0 Å². The average Bonchev–Trinajstić information content (AvgIpc) is 3.26. The van der Waals surface area contributed by atoms with Crippen LogP contribution in [0.25, 0.3) is 0 Å². The molecule has 0 aliphatic carbocycles. The molecule has 3 rings (SSSR count). The summed E-state index contributed by atoms with van der Waals surface area (Å²) in [6.07, 6.45) is -3.44. The second-order valence-corrected chi connectivity index (χ2v) is 14.3. The first-order chi connectivity index (χ1) is 16.4. The largest absolute Gasteiger partial charge is 0.497 e. The van der Waals surface area contributed by atoms with Crippen molar-refractivity contribution in [1.29, 1.82) is 0 Å². The van der Waals surface area contributed by atoms with Gasteiger partial charge in [-0.2, -0.15) is 18.3 Å². The van der Waals surface area contributed by atoms with E-state index in [9.17, 15) is 22.8 Å². The van der Waals surface area contributed by atoms with Crippen molar-refractivity contribution in [2.45, 2.75) is 44.8 Å². The molecule has 3 aromatic rings. The summed E-state index contributed by atoms with van der Waals surface area (Å²) in [5.74, 6) is -0.296.